The van der Waals surface area contributed by atoms with E-state index in [9.17, 15) is 4.79 Å². The zero-order valence-electron chi connectivity index (χ0n) is 11.2. The fourth-order valence-electron chi connectivity index (χ4n) is 1.97. The Morgan fingerprint density at radius 2 is 2.05 bits per heavy atom. The maximum atomic E-state index is 12.1. The van der Waals surface area contributed by atoms with Gasteiger partial charge in [-0.25, -0.2) is 0 Å². The van der Waals surface area contributed by atoms with Crippen molar-refractivity contribution in [2.45, 2.75) is 6.92 Å². The first-order valence-electron chi connectivity index (χ1n) is 6.26. The number of aromatic nitrogens is 2. The van der Waals surface area contributed by atoms with Crippen LogP contribution in [-0.4, -0.2) is 9.97 Å². The molecule has 0 unspecified atom stereocenters. The minimum absolute atomic E-state index is 0.151. The van der Waals surface area contributed by atoms with Crippen molar-refractivity contribution in [2.75, 3.05) is 5.73 Å². The Morgan fingerprint density at radius 3 is 2.86 bits per heavy atom. The van der Waals surface area contributed by atoms with Gasteiger partial charge in [0, 0.05) is 10.2 Å². The molecule has 0 amide bonds. The second-order valence-corrected chi connectivity index (χ2v) is 5.58. The SMILES string of the molecule is Cc1ccc(Br)cc1Oc1nc2ccc(N)cc2c(=O)[nH]1. The van der Waals surface area contributed by atoms with E-state index in [4.69, 9.17) is 10.5 Å². The number of ether oxygens (including phenoxy) is 1. The zero-order valence-corrected chi connectivity index (χ0v) is 12.8. The standard InChI is InChI=1S/C15H12BrN3O2/c1-8-2-3-9(16)6-13(8)21-15-18-12-5-4-10(17)7-11(12)14(20)19-15/h2-7H,17H2,1H3,(H,18,19,20). The number of benzene rings is 2. The van der Waals surface area contributed by atoms with Crippen molar-refractivity contribution >= 4 is 32.5 Å². The predicted octanol–water partition coefficient (Wildman–Crippen LogP) is 3.37. The highest BCUT2D eigenvalue weighted by molar-refractivity contribution is 9.10. The highest BCUT2D eigenvalue weighted by Gasteiger charge is 2.08. The Balaban J connectivity index is 2.07. The van der Waals surface area contributed by atoms with Crippen LogP contribution in [0.25, 0.3) is 10.9 Å². The molecule has 0 bridgehead atoms. The van der Waals surface area contributed by atoms with Crippen LogP contribution in [0.1, 0.15) is 5.56 Å². The van der Waals surface area contributed by atoms with E-state index in [-0.39, 0.29) is 11.6 Å². The molecule has 0 saturated carbocycles. The molecular weight excluding hydrogens is 334 g/mol. The average molecular weight is 346 g/mol. The van der Waals surface area contributed by atoms with Gasteiger partial charge in [-0.05, 0) is 42.8 Å². The first kappa shape index (κ1) is 13.6. The molecule has 1 aromatic heterocycles. The lowest BCUT2D eigenvalue weighted by Crippen LogP contribution is -2.10. The van der Waals surface area contributed by atoms with E-state index in [0.29, 0.717) is 22.3 Å². The maximum Gasteiger partial charge on any atom is 0.302 e. The van der Waals surface area contributed by atoms with Crippen molar-refractivity contribution in [2.24, 2.45) is 0 Å². The van der Waals surface area contributed by atoms with Gasteiger partial charge < -0.3 is 10.5 Å². The predicted molar refractivity (Wildman–Crippen MR) is 85.7 cm³/mol. The topological polar surface area (TPSA) is 81.0 Å². The summed E-state index contributed by atoms with van der Waals surface area (Å²) >= 11 is 3.39. The Bertz CT molecular complexity index is 890. The third kappa shape index (κ3) is 2.75. The minimum Gasteiger partial charge on any atom is -0.425 e. The van der Waals surface area contributed by atoms with Crippen LogP contribution in [0.15, 0.2) is 45.7 Å². The summed E-state index contributed by atoms with van der Waals surface area (Å²) in [6.45, 7) is 1.92. The number of nitrogens with zero attached hydrogens (tertiary/aromatic N) is 1. The number of hydrogen-bond acceptors (Lipinski definition) is 4. The molecule has 0 atom stereocenters. The van der Waals surface area contributed by atoms with Gasteiger partial charge in [0.1, 0.15) is 5.75 Å². The number of fused-ring (bicyclic) bond motifs is 1. The number of anilines is 1. The van der Waals surface area contributed by atoms with Crippen molar-refractivity contribution in [1.82, 2.24) is 9.97 Å². The molecular formula is C15H12BrN3O2. The second kappa shape index (κ2) is 5.21. The lowest BCUT2D eigenvalue weighted by Gasteiger charge is -2.08. The molecule has 0 fully saturated rings. The zero-order chi connectivity index (χ0) is 15.0. The summed E-state index contributed by atoms with van der Waals surface area (Å²) in [5.41, 5.74) is 7.39. The van der Waals surface area contributed by atoms with E-state index in [0.717, 1.165) is 10.0 Å². The van der Waals surface area contributed by atoms with Gasteiger partial charge in [-0.3, -0.25) is 9.78 Å². The van der Waals surface area contributed by atoms with Crippen LogP contribution in [0, 0.1) is 6.92 Å². The fourth-order valence-corrected chi connectivity index (χ4v) is 2.31. The highest BCUT2D eigenvalue weighted by Crippen LogP contribution is 2.26. The number of H-pyrrole nitrogens is 1. The van der Waals surface area contributed by atoms with Gasteiger partial charge in [-0.1, -0.05) is 22.0 Å². The van der Waals surface area contributed by atoms with Gasteiger partial charge in [0.15, 0.2) is 0 Å². The monoisotopic (exact) mass is 345 g/mol. The number of nitrogens with two attached hydrogens (primary N) is 1. The van der Waals surface area contributed by atoms with Crippen molar-refractivity contribution in [1.29, 1.82) is 0 Å². The molecule has 0 aliphatic carbocycles. The number of rotatable bonds is 2. The number of aromatic amines is 1. The fraction of sp³-hybridized carbons (Fsp3) is 0.0667. The Labute approximate surface area is 128 Å². The lowest BCUT2D eigenvalue weighted by atomic mass is 10.2. The van der Waals surface area contributed by atoms with Gasteiger partial charge in [-0.15, -0.1) is 0 Å². The highest BCUT2D eigenvalue weighted by atomic mass is 79.9. The Hall–Kier alpha value is -2.34. The third-order valence-electron chi connectivity index (χ3n) is 3.06. The lowest BCUT2D eigenvalue weighted by molar-refractivity contribution is 0.439. The van der Waals surface area contributed by atoms with Gasteiger partial charge in [-0.2, -0.15) is 4.98 Å². The van der Waals surface area contributed by atoms with Crippen LogP contribution in [0.5, 0.6) is 11.8 Å². The van der Waals surface area contributed by atoms with Crippen LogP contribution in [0.2, 0.25) is 0 Å². The van der Waals surface area contributed by atoms with Gasteiger partial charge >= 0.3 is 6.01 Å². The van der Waals surface area contributed by atoms with Gasteiger partial charge in [0.25, 0.3) is 5.56 Å². The molecule has 0 aliphatic rings. The molecule has 1 heterocycles. The number of nitrogen functional groups attached to an aromatic ring is 1. The van der Waals surface area contributed by atoms with Crippen molar-refractivity contribution in [3.05, 3.63) is 56.8 Å². The normalized spacial score (nSPS) is 10.8. The number of halogens is 1. The summed E-state index contributed by atoms with van der Waals surface area (Å²) in [4.78, 5) is 19.0. The largest absolute Gasteiger partial charge is 0.425 e. The van der Waals surface area contributed by atoms with E-state index >= 15 is 0 Å². The van der Waals surface area contributed by atoms with Crippen LogP contribution < -0.4 is 16.0 Å². The van der Waals surface area contributed by atoms with Gasteiger partial charge in [0.2, 0.25) is 0 Å². The molecule has 3 N–H and O–H groups in total. The molecule has 2 aromatic carbocycles. The minimum atomic E-state index is -0.282. The molecule has 0 saturated heterocycles. The summed E-state index contributed by atoms with van der Waals surface area (Å²) < 4.78 is 6.57. The molecule has 3 aromatic rings. The molecule has 3 rings (SSSR count). The average Bonchev–Trinajstić information content (AvgIpc) is 2.44. The Morgan fingerprint density at radius 1 is 1.24 bits per heavy atom. The second-order valence-electron chi connectivity index (χ2n) is 4.66. The van der Waals surface area contributed by atoms with Crippen LogP contribution in [-0.2, 0) is 0 Å². The molecule has 0 aliphatic heterocycles. The van der Waals surface area contributed by atoms with Crippen molar-refractivity contribution in [3.63, 3.8) is 0 Å². The van der Waals surface area contributed by atoms with E-state index < -0.39 is 0 Å². The van der Waals surface area contributed by atoms with E-state index in [1.165, 1.54) is 0 Å². The summed E-state index contributed by atoms with van der Waals surface area (Å²) in [6.07, 6.45) is 0. The molecule has 0 spiro atoms. The summed E-state index contributed by atoms with van der Waals surface area (Å²) in [6, 6.07) is 10.8. The summed E-state index contributed by atoms with van der Waals surface area (Å²) in [5, 5.41) is 0.438. The summed E-state index contributed by atoms with van der Waals surface area (Å²) in [7, 11) is 0. The Kier molecular flexibility index (Phi) is 3.39. The van der Waals surface area contributed by atoms with Crippen LogP contribution in [0.3, 0.4) is 0 Å². The van der Waals surface area contributed by atoms with Crippen LogP contribution in [0.4, 0.5) is 5.69 Å². The molecule has 21 heavy (non-hydrogen) atoms. The number of aryl methyl sites for hydroxylation is 1. The van der Waals surface area contributed by atoms with Crippen LogP contribution >= 0.6 is 15.9 Å². The molecule has 6 heteroatoms. The van der Waals surface area contributed by atoms with E-state index in [1.54, 1.807) is 18.2 Å². The van der Waals surface area contributed by atoms with Gasteiger partial charge in [0.05, 0.1) is 10.9 Å². The molecule has 5 nitrogen and oxygen atoms in total. The van der Waals surface area contributed by atoms with E-state index in [2.05, 4.69) is 25.9 Å². The number of nitrogens with one attached hydrogen (secondary N) is 1. The van der Waals surface area contributed by atoms with Crippen molar-refractivity contribution in [3.8, 4) is 11.8 Å². The smallest absolute Gasteiger partial charge is 0.302 e. The molecule has 0 radical (unpaired) electrons. The van der Waals surface area contributed by atoms with Crippen molar-refractivity contribution < 1.29 is 4.74 Å². The first-order valence-corrected chi connectivity index (χ1v) is 7.06. The summed E-state index contributed by atoms with van der Waals surface area (Å²) in [5.74, 6) is 0.627. The van der Waals surface area contributed by atoms with E-state index in [1.807, 2.05) is 25.1 Å². The third-order valence-corrected chi connectivity index (χ3v) is 3.56. The first-order chi connectivity index (χ1) is 10.0. The molecule has 106 valence electrons. The quantitative estimate of drug-likeness (QED) is 0.697. The maximum absolute atomic E-state index is 12.1. The number of hydrogen-bond donors (Lipinski definition) is 2.